The summed E-state index contributed by atoms with van der Waals surface area (Å²) in [6.07, 6.45) is 0.293. The molecule has 0 amide bonds. The minimum Gasteiger partial charge on any atom is -0.485 e. The van der Waals surface area contributed by atoms with Gasteiger partial charge in [0.25, 0.3) is 0 Å². The van der Waals surface area contributed by atoms with Crippen LogP contribution < -0.4 is 4.74 Å². The van der Waals surface area contributed by atoms with E-state index in [2.05, 4.69) is 24.9 Å². The van der Waals surface area contributed by atoms with Crippen molar-refractivity contribution in [3.05, 3.63) is 34.5 Å². The molecule has 4 rings (SSSR count). The lowest BCUT2D eigenvalue weighted by atomic mass is 9.93. The molecule has 1 aromatic carbocycles. The molecule has 3 heterocycles. The summed E-state index contributed by atoms with van der Waals surface area (Å²) in [5.41, 5.74) is 2.84. The van der Waals surface area contributed by atoms with Gasteiger partial charge in [-0.2, -0.15) is 0 Å². The summed E-state index contributed by atoms with van der Waals surface area (Å²) < 4.78 is 11.8. The van der Waals surface area contributed by atoms with Gasteiger partial charge in [-0.3, -0.25) is 0 Å². The third-order valence-corrected chi connectivity index (χ3v) is 4.17. The lowest BCUT2D eigenvalue weighted by molar-refractivity contribution is 0.0727. The molecule has 2 aromatic rings. The number of benzene rings is 1. The van der Waals surface area contributed by atoms with Crippen LogP contribution in [0.2, 0.25) is 5.15 Å². The molecule has 0 aliphatic carbocycles. The Bertz CT molecular complexity index is 711. The van der Waals surface area contributed by atoms with Crippen molar-refractivity contribution in [2.75, 3.05) is 0 Å². The molecule has 0 unspecified atom stereocenters. The number of halogens is 1. The van der Waals surface area contributed by atoms with E-state index in [1.54, 1.807) is 0 Å². The van der Waals surface area contributed by atoms with Gasteiger partial charge in [-0.25, -0.2) is 4.98 Å². The van der Waals surface area contributed by atoms with Crippen molar-refractivity contribution in [3.8, 4) is 5.75 Å². The molecule has 3 nitrogen and oxygen atoms in total. The fourth-order valence-electron chi connectivity index (χ4n) is 2.93. The van der Waals surface area contributed by atoms with Gasteiger partial charge in [-0.1, -0.05) is 11.6 Å². The Morgan fingerprint density at radius 3 is 2.84 bits per heavy atom. The zero-order chi connectivity index (χ0) is 13.4. The average Bonchev–Trinajstić information content (AvgIpc) is 3.08. The number of fused-ring (bicyclic) bond motifs is 4. The Morgan fingerprint density at radius 2 is 2.05 bits per heavy atom. The van der Waals surface area contributed by atoms with Crippen LogP contribution in [0.1, 0.15) is 31.1 Å². The van der Waals surface area contributed by atoms with E-state index >= 15 is 0 Å². The van der Waals surface area contributed by atoms with Crippen LogP contribution in [0.25, 0.3) is 10.9 Å². The van der Waals surface area contributed by atoms with E-state index in [1.165, 1.54) is 0 Å². The van der Waals surface area contributed by atoms with Gasteiger partial charge in [0.05, 0.1) is 5.52 Å². The van der Waals surface area contributed by atoms with Gasteiger partial charge in [0.2, 0.25) is 0 Å². The molecular weight excluding hydrogens is 262 g/mol. The van der Waals surface area contributed by atoms with Crippen molar-refractivity contribution in [2.24, 2.45) is 0 Å². The Balaban J connectivity index is 1.98. The summed E-state index contributed by atoms with van der Waals surface area (Å²) in [7, 11) is 0. The normalized spacial score (nSPS) is 26.5. The van der Waals surface area contributed by atoms with Crippen molar-refractivity contribution in [1.82, 2.24) is 4.98 Å². The molecule has 2 aliphatic heterocycles. The van der Waals surface area contributed by atoms with Gasteiger partial charge >= 0.3 is 0 Å². The summed E-state index contributed by atoms with van der Waals surface area (Å²) in [6, 6.07) is 5.98. The molecule has 1 saturated heterocycles. The standard InChI is InChI=1S/C15H14ClNO2/c1-7-4-12(16)17-10-5-9-11(6-8(7)10)19-15(2,3)14-13(9)18-14/h4-6,13-14H,1-3H3/t13-,14+/m1/s1. The van der Waals surface area contributed by atoms with Gasteiger partial charge in [-0.05, 0) is 44.5 Å². The number of nitrogens with zero attached hydrogens (tertiary/aromatic N) is 1. The van der Waals surface area contributed by atoms with Crippen LogP contribution in [-0.4, -0.2) is 16.7 Å². The monoisotopic (exact) mass is 275 g/mol. The molecule has 2 atom stereocenters. The zero-order valence-electron chi connectivity index (χ0n) is 11.0. The van der Waals surface area contributed by atoms with Crippen LogP contribution in [0.4, 0.5) is 0 Å². The topological polar surface area (TPSA) is 34.6 Å². The van der Waals surface area contributed by atoms with Crippen molar-refractivity contribution in [3.63, 3.8) is 0 Å². The molecule has 1 aromatic heterocycles. The Hall–Kier alpha value is -1.32. The quantitative estimate of drug-likeness (QED) is 0.542. The minimum absolute atomic E-state index is 0.143. The number of epoxide rings is 1. The first-order valence-corrected chi connectivity index (χ1v) is 6.79. The molecule has 0 bridgehead atoms. The van der Waals surface area contributed by atoms with Crippen LogP contribution in [0, 0.1) is 6.92 Å². The van der Waals surface area contributed by atoms with Crippen LogP contribution in [0.3, 0.4) is 0 Å². The van der Waals surface area contributed by atoms with Crippen molar-refractivity contribution >= 4 is 22.5 Å². The molecule has 19 heavy (non-hydrogen) atoms. The smallest absolute Gasteiger partial charge is 0.132 e. The minimum atomic E-state index is -0.265. The predicted molar refractivity (Wildman–Crippen MR) is 73.8 cm³/mol. The number of ether oxygens (including phenoxy) is 2. The largest absolute Gasteiger partial charge is 0.485 e. The van der Waals surface area contributed by atoms with Crippen molar-refractivity contribution < 1.29 is 9.47 Å². The lowest BCUT2D eigenvalue weighted by Gasteiger charge is -2.29. The van der Waals surface area contributed by atoms with Crippen molar-refractivity contribution in [2.45, 2.75) is 38.6 Å². The van der Waals surface area contributed by atoms with E-state index in [0.29, 0.717) is 5.15 Å². The first-order valence-electron chi connectivity index (χ1n) is 6.41. The molecule has 98 valence electrons. The first-order chi connectivity index (χ1) is 8.95. The number of aryl methyl sites for hydroxylation is 1. The van der Waals surface area contributed by atoms with Gasteiger partial charge in [-0.15, -0.1) is 0 Å². The molecule has 4 heteroatoms. The fourth-order valence-corrected chi connectivity index (χ4v) is 3.18. The summed E-state index contributed by atoms with van der Waals surface area (Å²) in [6.45, 7) is 6.17. The number of aromatic nitrogens is 1. The Kier molecular flexibility index (Phi) is 2.06. The number of rotatable bonds is 0. The summed E-state index contributed by atoms with van der Waals surface area (Å²) in [5.74, 6) is 0.906. The van der Waals surface area contributed by atoms with E-state index < -0.39 is 0 Å². The van der Waals surface area contributed by atoms with E-state index in [0.717, 1.165) is 27.8 Å². The fraction of sp³-hybridized carbons (Fsp3) is 0.400. The highest BCUT2D eigenvalue weighted by atomic mass is 35.5. The predicted octanol–water partition coefficient (Wildman–Crippen LogP) is 3.81. The van der Waals surface area contributed by atoms with Gasteiger partial charge in [0, 0.05) is 10.9 Å². The molecular formula is C15H14ClNO2. The highest BCUT2D eigenvalue weighted by Crippen LogP contribution is 2.54. The van der Waals surface area contributed by atoms with Gasteiger partial charge < -0.3 is 9.47 Å². The highest BCUT2D eigenvalue weighted by molar-refractivity contribution is 6.29. The van der Waals surface area contributed by atoms with Crippen LogP contribution in [0.15, 0.2) is 18.2 Å². The molecule has 2 aliphatic rings. The first kappa shape index (κ1) is 11.5. The van der Waals surface area contributed by atoms with Crippen molar-refractivity contribution in [1.29, 1.82) is 0 Å². The zero-order valence-corrected chi connectivity index (χ0v) is 11.8. The Morgan fingerprint density at radius 1 is 1.26 bits per heavy atom. The second kappa shape index (κ2) is 3.41. The summed E-state index contributed by atoms with van der Waals surface area (Å²) in [5, 5.41) is 1.60. The number of hydrogen-bond donors (Lipinski definition) is 0. The van der Waals surface area contributed by atoms with E-state index in [-0.39, 0.29) is 17.8 Å². The molecule has 0 radical (unpaired) electrons. The van der Waals surface area contributed by atoms with E-state index in [9.17, 15) is 0 Å². The number of hydrogen-bond acceptors (Lipinski definition) is 3. The maximum atomic E-state index is 6.08. The third kappa shape index (κ3) is 1.58. The maximum Gasteiger partial charge on any atom is 0.132 e. The second-order valence-corrected chi connectivity index (χ2v) is 6.24. The Labute approximate surface area is 116 Å². The van der Waals surface area contributed by atoms with Crippen LogP contribution in [-0.2, 0) is 4.74 Å². The SMILES string of the molecule is Cc1cc(Cl)nc2cc3c(cc12)OC(C)(C)[C@H]1O[C@H]31. The average molecular weight is 276 g/mol. The molecule has 0 saturated carbocycles. The van der Waals surface area contributed by atoms with Crippen LogP contribution >= 0.6 is 11.6 Å². The second-order valence-electron chi connectivity index (χ2n) is 5.85. The maximum absolute atomic E-state index is 6.08. The molecule has 0 spiro atoms. The molecule has 1 fully saturated rings. The lowest BCUT2D eigenvalue weighted by Crippen LogP contribution is -2.37. The van der Waals surface area contributed by atoms with Gasteiger partial charge in [0.1, 0.15) is 28.7 Å². The van der Waals surface area contributed by atoms with E-state index in [1.807, 2.05) is 19.1 Å². The van der Waals surface area contributed by atoms with Gasteiger partial charge in [0.15, 0.2) is 0 Å². The molecule has 0 N–H and O–H groups in total. The number of pyridine rings is 1. The van der Waals surface area contributed by atoms with Crippen LogP contribution in [0.5, 0.6) is 5.75 Å². The summed E-state index contributed by atoms with van der Waals surface area (Å²) >= 11 is 6.03. The summed E-state index contributed by atoms with van der Waals surface area (Å²) in [4.78, 5) is 4.39. The third-order valence-electron chi connectivity index (χ3n) is 3.97. The highest BCUT2D eigenvalue weighted by Gasteiger charge is 2.56. The van der Waals surface area contributed by atoms with E-state index in [4.69, 9.17) is 21.1 Å².